The van der Waals surface area contributed by atoms with Crippen molar-refractivity contribution < 1.29 is 9.47 Å². The van der Waals surface area contributed by atoms with Gasteiger partial charge in [-0.15, -0.1) is 0 Å². The highest BCUT2D eigenvalue weighted by Gasteiger charge is 2.17. The Morgan fingerprint density at radius 2 is 1.70 bits per heavy atom. The first-order chi connectivity index (χ1) is 9.78. The molecular weight excluding hydrogens is 250 g/mol. The third-order valence-electron chi connectivity index (χ3n) is 3.56. The predicted octanol–water partition coefficient (Wildman–Crippen LogP) is 3.08. The molecule has 0 bridgehead atoms. The number of rotatable bonds is 3. The van der Waals surface area contributed by atoms with Gasteiger partial charge < -0.3 is 14.8 Å². The van der Waals surface area contributed by atoms with E-state index in [1.807, 2.05) is 13.1 Å². The maximum absolute atomic E-state index is 5.67. The normalized spacial score (nSPS) is 14.9. The largest absolute Gasteiger partial charge is 0.486 e. The Bertz CT molecular complexity index is 610. The van der Waals surface area contributed by atoms with Crippen LogP contribution in [0.3, 0.4) is 0 Å². The van der Waals surface area contributed by atoms with E-state index < -0.39 is 0 Å². The molecule has 0 fully saturated rings. The molecule has 1 unspecified atom stereocenters. The summed E-state index contributed by atoms with van der Waals surface area (Å²) in [5.74, 6) is 1.67. The van der Waals surface area contributed by atoms with Gasteiger partial charge in [-0.2, -0.15) is 0 Å². The molecule has 1 aliphatic rings. The molecule has 3 heteroatoms. The second-order valence-electron chi connectivity index (χ2n) is 5.04. The summed E-state index contributed by atoms with van der Waals surface area (Å²) in [5, 5.41) is 3.37. The first-order valence-corrected chi connectivity index (χ1v) is 6.91. The maximum atomic E-state index is 5.67. The van der Waals surface area contributed by atoms with Crippen molar-refractivity contribution in [2.75, 3.05) is 20.3 Å². The minimum absolute atomic E-state index is 0.158. The second kappa shape index (κ2) is 5.55. The standard InChI is InChI=1S/C17H19NO2/c1-12-4-3-5-13(10-12)17(18-2)14-6-7-15-16(11-14)20-9-8-19-15/h3-7,10-11,17-18H,8-9H2,1-2H3. The fourth-order valence-electron chi connectivity index (χ4n) is 2.61. The zero-order valence-corrected chi connectivity index (χ0v) is 11.8. The van der Waals surface area contributed by atoms with Crippen molar-refractivity contribution in [1.82, 2.24) is 5.32 Å². The summed E-state index contributed by atoms with van der Waals surface area (Å²) in [6.07, 6.45) is 0. The Morgan fingerprint density at radius 3 is 2.45 bits per heavy atom. The summed E-state index contributed by atoms with van der Waals surface area (Å²) in [4.78, 5) is 0. The highest BCUT2D eigenvalue weighted by molar-refractivity contribution is 5.46. The van der Waals surface area contributed by atoms with Crippen LogP contribution in [0.5, 0.6) is 11.5 Å². The molecule has 0 saturated carbocycles. The van der Waals surface area contributed by atoms with Crippen LogP contribution in [-0.4, -0.2) is 20.3 Å². The molecule has 0 radical (unpaired) electrons. The van der Waals surface area contributed by atoms with Crippen molar-refractivity contribution in [1.29, 1.82) is 0 Å². The van der Waals surface area contributed by atoms with Gasteiger partial charge in [-0.05, 0) is 37.2 Å². The fraction of sp³-hybridized carbons (Fsp3) is 0.294. The van der Waals surface area contributed by atoms with Gasteiger partial charge in [0.2, 0.25) is 0 Å². The van der Waals surface area contributed by atoms with E-state index >= 15 is 0 Å². The van der Waals surface area contributed by atoms with E-state index in [9.17, 15) is 0 Å². The van der Waals surface area contributed by atoms with E-state index in [4.69, 9.17) is 9.47 Å². The average molecular weight is 269 g/mol. The SMILES string of the molecule is CNC(c1cccc(C)c1)c1ccc2c(c1)OCCO2. The molecule has 1 aliphatic heterocycles. The molecule has 1 N–H and O–H groups in total. The van der Waals surface area contributed by atoms with E-state index in [-0.39, 0.29) is 6.04 Å². The van der Waals surface area contributed by atoms with Gasteiger partial charge in [0.25, 0.3) is 0 Å². The van der Waals surface area contributed by atoms with Gasteiger partial charge in [-0.25, -0.2) is 0 Å². The van der Waals surface area contributed by atoms with Gasteiger partial charge in [-0.3, -0.25) is 0 Å². The zero-order valence-electron chi connectivity index (χ0n) is 11.8. The Labute approximate surface area is 119 Å². The number of hydrogen-bond acceptors (Lipinski definition) is 3. The van der Waals surface area contributed by atoms with Crippen LogP contribution < -0.4 is 14.8 Å². The monoisotopic (exact) mass is 269 g/mol. The van der Waals surface area contributed by atoms with E-state index in [2.05, 4.69) is 48.6 Å². The lowest BCUT2D eigenvalue weighted by atomic mass is 9.97. The van der Waals surface area contributed by atoms with Gasteiger partial charge >= 0.3 is 0 Å². The number of benzene rings is 2. The van der Waals surface area contributed by atoms with E-state index in [1.54, 1.807) is 0 Å². The van der Waals surface area contributed by atoms with Crippen LogP contribution in [0.4, 0.5) is 0 Å². The van der Waals surface area contributed by atoms with E-state index in [0.717, 1.165) is 11.5 Å². The van der Waals surface area contributed by atoms with Crippen molar-refractivity contribution in [2.24, 2.45) is 0 Å². The molecule has 1 heterocycles. The molecule has 2 aromatic carbocycles. The van der Waals surface area contributed by atoms with Crippen LogP contribution in [0.2, 0.25) is 0 Å². The molecular formula is C17H19NO2. The number of ether oxygens (including phenoxy) is 2. The molecule has 0 aliphatic carbocycles. The first kappa shape index (κ1) is 13.0. The molecule has 2 aromatic rings. The van der Waals surface area contributed by atoms with Crippen molar-refractivity contribution >= 4 is 0 Å². The summed E-state index contributed by atoms with van der Waals surface area (Å²) in [6.45, 7) is 3.35. The van der Waals surface area contributed by atoms with Crippen LogP contribution in [0.15, 0.2) is 42.5 Å². The van der Waals surface area contributed by atoms with E-state index in [0.29, 0.717) is 13.2 Å². The van der Waals surface area contributed by atoms with Gasteiger partial charge in [-0.1, -0.05) is 35.9 Å². The summed E-state index contributed by atoms with van der Waals surface area (Å²) in [6, 6.07) is 14.9. The smallest absolute Gasteiger partial charge is 0.161 e. The van der Waals surface area contributed by atoms with Crippen molar-refractivity contribution in [3.63, 3.8) is 0 Å². The number of hydrogen-bond donors (Lipinski definition) is 1. The number of fused-ring (bicyclic) bond motifs is 1. The summed E-state index contributed by atoms with van der Waals surface area (Å²) >= 11 is 0. The van der Waals surface area contributed by atoms with Crippen LogP contribution in [0.1, 0.15) is 22.7 Å². The van der Waals surface area contributed by atoms with Crippen LogP contribution >= 0.6 is 0 Å². The Balaban J connectivity index is 1.97. The average Bonchev–Trinajstić information content (AvgIpc) is 2.48. The molecule has 0 spiro atoms. The minimum Gasteiger partial charge on any atom is -0.486 e. The Morgan fingerprint density at radius 1 is 0.950 bits per heavy atom. The number of nitrogens with one attached hydrogen (secondary N) is 1. The maximum Gasteiger partial charge on any atom is 0.161 e. The summed E-state index contributed by atoms with van der Waals surface area (Å²) in [7, 11) is 1.98. The third-order valence-corrected chi connectivity index (χ3v) is 3.56. The Hall–Kier alpha value is -2.00. The van der Waals surface area contributed by atoms with Gasteiger partial charge in [0.15, 0.2) is 11.5 Å². The first-order valence-electron chi connectivity index (χ1n) is 6.91. The lowest BCUT2D eigenvalue weighted by Crippen LogP contribution is -2.19. The highest BCUT2D eigenvalue weighted by atomic mass is 16.6. The summed E-state index contributed by atoms with van der Waals surface area (Å²) in [5.41, 5.74) is 3.70. The molecule has 20 heavy (non-hydrogen) atoms. The molecule has 0 amide bonds. The highest BCUT2D eigenvalue weighted by Crippen LogP contribution is 2.34. The van der Waals surface area contributed by atoms with Crippen molar-refractivity contribution in [3.05, 3.63) is 59.2 Å². The van der Waals surface area contributed by atoms with Crippen molar-refractivity contribution in [2.45, 2.75) is 13.0 Å². The van der Waals surface area contributed by atoms with Gasteiger partial charge in [0.05, 0.1) is 6.04 Å². The fourth-order valence-corrected chi connectivity index (χ4v) is 2.61. The van der Waals surface area contributed by atoms with Crippen LogP contribution in [0.25, 0.3) is 0 Å². The van der Waals surface area contributed by atoms with Crippen molar-refractivity contribution in [3.8, 4) is 11.5 Å². The van der Waals surface area contributed by atoms with Gasteiger partial charge in [0.1, 0.15) is 13.2 Å². The molecule has 104 valence electrons. The molecule has 0 aromatic heterocycles. The topological polar surface area (TPSA) is 30.5 Å². The van der Waals surface area contributed by atoms with Crippen LogP contribution in [0, 0.1) is 6.92 Å². The lowest BCUT2D eigenvalue weighted by Gasteiger charge is -2.22. The number of aryl methyl sites for hydroxylation is 1. The summed E-state index contributed by atoms with van der Waals surface area (Å²) < 4.78 is 11.2. The zero-order chi connectivity index (χ0) is 13.9. The quantitative estimate of drug-likeness (QED) is 0.929. The minimum atomic E-state index is 0.158. The predicted molar refractivity (Wildman–Crippen MR) is 79.5 cm³/mol. The van der Waals surface area contributed by atoms with Gasteiger partial charge in [0, 0.05) is 0 Å². The lowest BCUT2D eigenvalue weighted by molar-refractivity contribution is 0.171. The Kier molecular flexibility index (Phi) is 3.61. The molecule has 3 nitrogen and oxygen atoms in total. The second-order valence-corrected chi connectivity index (χ2v) is 5.04. The van der Waals surface area contributed by atoms with Crippen LogP contribution in [-0.2, 0) is 0 Å². The molecule has 0 saturated heterocycles. The molecule has 1 atom stereocenters. The molecule has 3 rings (SSSR count). The third kappa shape index (κ3) is 2.49. The van der Waals surface area contributed by atoms with E-state index in [1.165, 1.54) is 16.7 Å².